The van der Waals surface area contributed by atoms with Gasteiger partial charge in [-0.2, -0.15) is 0 Å². The lowest BCUT2D eigenvalue weighted by atomic mass is 10.0. The van der Waals surface area contributed by atoms with E-state index in [-0.39, 0.29) is 29.7 Å². The molecule has 0 aliphatic carbocycles. The zero-order valence-electron chi connectivity index (χ0n) is 15.5. The summed E-state index contributed by atoms with van der Waals surface area (Å²) in [7, 11) is 1.54. The van der Waals surface area contributed by atoms with E-state index in [1.807, 2.05) is 25.1 Å². The maximum Gasteiger partial charge on any atom is 0.191 e. The number of rotatable bonds is 7. The molecule has 0 bridgehead atoms. The second kappa shape index (κ2) is 11.6. The number of hydrogen-bond donors (Lipinski definition) is 3. The molecule has 0 saturated carbocycles. The quantitative estimate of drug-likeness (QED) is 0.327. The Kier molecular flexibility index (Phi) is 9.87. The number of hydrogen-bond acceptors (Lipinski definition) is 3. The van der Waals surface area contributed by atoms with Crippen molar-refractivity contribution in [3.63, 3.8) is 0 Å². The lowest BCUT2D eigenvalue weighted by Gasteiger charge is -2.16. The normalized spacial score (nSPS) is 12.0. The van der Waals surface area contributed by atoms with E-state index in [4.69, 9.17) is 4.74 Å². The average Bonchev–Trinajstić information content (AvgIpc) is 2.65. The first-order chi connectivity index (χ1) is 12.2. The van der Waals surface area contributed by atoms with Crippen molar-refractivity contribution in [2.24, 2.45) is 4.99 Å². The highest BCUT2D eigenvalue weighted by Crippen LogP contribution is 2.29. The fourth-order valence-corrected chi connectivity index (χ4v) is 2.52. The van der Waals surface area contributed by atoms with Crippen LogP contribution in [0.15, 0.2) is 53.5 Å². The minimum atomic E-state index is 0. The number of ether oxygens (including phenoxy) is 1. The SMILES string of the molecule is CCNC(=NCc1cccc(OC)c1O)NCC(C)c1ccccc1.I. The van der Waals surface area contributed by atoms with E-state index in [1.165, 1.54) is 5.56 Å². The van der Waals surface area contributed by atoms with Crippen molar-refractivity contribution in [3.8, 4) is 11.5 Å². The third kappa shape index (κ3) is 6.40. The van der Waals surface area contributed by atoms with Gasteiger partial charge in [0.05, 0.1) is 13.7 Å². The Balaban J connectivity index is 0.00000338. The van der Waals surface area contributed by atoms with E-state index in [0.29, 0.717) is 18.2 Å². The number of nitrogens with one attached hydrogen (secondary N) is 2. The van der Waals surface area contributed by atoms with Gasteiger partial charge in [0.15, 0.2) is 17.5 Å². The molecule has 0 radical (unpaired) electrons. The third-order valence-corrected chi connectivity index (χ3v) is 4.00. The fraction of sp³-hybridized carbons (Fsp3) is 0.350. The molecule has 2 rings (SSSR count). The summed E-state index contributed by atoms with van der Waals surface area (Å²) in [6, 6.07) is 15.8. The van der Waals surface area contributed by atoms with Crippen LogP contribution in [0.4, 0.5) is 0 Å². The van der Waals surface area contributed by atoms with Crippen molar-refractivity contribution >= 4 is 29.9 Å². The van der Waals surface area contributed by atoms with E-state index in [9.17, 15) is 5.11 Å². The number of aromatic hydroxyl groups is 1. The topological polar surface area (TPSA) is 65.9 Å². The molecule has 1 atom stereocenters. The predicted molar refractivity (Wildman–Crippen MR) is 118 cm³/mol. The van der Waals surface area contributed by atoms with Gasteiger partial charge in [0.1, 0.15) is 0 Å². The number of phenols is 1. The van der Waals surface area contributed by atoms with Gasteiger partial charge >= 0.3 is 0 Å². The maximum absolute atomic E-state index is 10.2. The van der Waals surface area contributed by atoms with Crippen LogP contribution in [0.5, 0.6) is 11.5 Å². The minimum absolute atomic E-state index is 0. The zero-order chi connectivity index (χ0) is 18.1. The van der Waals surface area contributed by atoms with Crippen LogP contribution in [0.1, 0.15) is 30.9 Å². The number of halogens is 1. The molecule has 2 aromatic carbocycles. The smallest absolute Gasteiger partial charge is 0.191 e. The van der Waals surface area contributed by atoms with E-state index in [0.717, 1.165) is 24.6 Å². The van der Waals surface area contributed by atoms with E-state index in [2.05, 4.69) is 46.8 Å². The number of aliphatic imine (C=N–C) groups is 1. The summed E-state index contributed by atoms with van der Waals surface area (Å²) in [5.41, 5.74) is 2.02. The monoisotopic (exact) mass is 469 g/mol. The molecule has 0 aliphatic rings. The second-order valence-electron chi connectivity index (χ2n) is 5.86. The molecular formula is C20H28IN3O2. The molecule has 142 valence electrons. The van der Waals surface area contributed by atoms with Crippen molar-refractivity contribution < 1.29 is 9.84 Å². The molecule has 0 spiro atoms. The molecule has 1 unspecified atom stereocenters. The summed E-state index contributed by atoms with van der Waals surface area (Å²) < 4.78 is 5.14. The van der Waals surface area contributed by atoms with Crippen LogP contribution in [-0.4, -0.2) is 31.3 Å². The highest BCUT2D eigenvalue weighted by molar-refractivity contribution is 14.0. The van der Waals surface area contributed by atoms with Gasteiger partial charge in [-0.1, -0.05) is 49.4 Å². The van der Waals surface area contributed by atoms with Crippen LogP contribution >= 0.6 is 24.0 Å². The van der Waals surface area contributed by atoms with Crippen molar-refractivity contribution in [2.45, 2.75) is 26.3 Å². The first-order valence-electron chi connectivity index (χ1n) is 8.57. The molecule has 0 aromatic heterocycles. The summed E-state index contributed by atoms with van der Waals surface area (Å²) in [4.78, 5) is 4.56. The van der Waals surface area contributed by atoms with Crippen LogP contribution < -0.4 is 15.4 Å². The molecule has 26 heavy (non-hydrogen) atoms. The van der Waals surface area contributed by atoms with E-state index < -0.39 is 0 Å². The molecule has 0 amide bonds. The van der Waals surface area contributed by atoms with Gasteiger partial charge < -0.3 is 20.5 Å². The minimum Gasteiger partial charge on any atom is -0.504 e. The summed E-state index contributed by atoms with van der Waals surface area (Å²) in [5, 5.41) is 16.8. The number of phenolic OH excluding ortho intramolecular Hbond substituents is 1. The molecule has 0 fully saturated rings. The Bertz CT molecular complexity index is 693. The molecule has 6 heteroatoms. The van der Waals surface area contributed by atoms with Crippen LogP contribution in [0, 0.1) is 0 Å². The zero-order valence-corrected chi connectivity index (χ0v) is 17.9. The highest BCUT2D eigenvalue weighted by atomic mass is 127. The van der Waals surface area contributed by atoms with E-state index in [1.54, 1.807) is 13.2 Å². The van der Waals surface area contributed by atoms with Gasteiger partial charge in [0, 0.05) is 18.7 Å². The van der Waals surface area contributed by atoms with Gasteiger partial charge in [-0.15, -0.1) is 24.0 Å². The first kappa shape index (κ1) is 22.1. The van der Waals surface area contributed by atoms with E-state index >= 15 is 0 Å². The Morgan fingerprint density at radius 3 is 2.50 bits per heavy atom. The van der Waals surface area contributed by atoms with Crippen molar-refractivity contribution in [2.75, 3.05) is 20.2 Å². The average molecular weight is 469 g/mol. The summed E-state index contributed by atoms with van der Waals surface area (Å²) in [5.74, 6) is 1.70. The number of para-hydroxylation sites is 1. The Hall–Kier alpha value is -1.96. The van der Waals surface area contributed by atoms with Gasteiger partial charge in [-0.05, 0) is 24.5 Å². The molecule has 2 aromatic rings. The molecule has 0 saturated heterocycles. The van der Waals surface area contributed by atoms with Crippen LogP contribution in [0.3, 0.4) is 0 Å². The van der Waals surface area contributed by atoms with Crippen LogP contribution in [0.25, 0.3) is 0 Å². The van der Waals surface area contributed by atoms with Crippen molar-refractivity contribution in [1.29, 1.82) is 0 Å². The summed E-state index contributed by atoms with van der Waals surface area (Å²) in [6.07, 6.45) is 0. The van der Waals surface area contributed by atoms with Gasteiger partial charge in [0.2, 0.25) is 0 Å². The number of nitrogens with zero attached hydrogens (tertiary/aromatic N) is 1. The lowest BCUT2D eigenvalue weighted by molar-refractivity contribution is 0.370. The summed E-state index contributed by atoms with van der Waals surface area (Å²) >= 11 is 0. The molecule has 5 nitrogen and oxygen atoms in total. The first-order valence-corrected chi connectivity index (χ1v) is 8.57. The Labute approximate surface area is 172 Å². The van der Waals surface area contributed by atoms with Gasteiger partial charge in [0.25, 0.3) is 0 Å². The third-order valence-electron chi connectivity index (χ3n) is 4.00. The second-order valence-corrected chi connectivity index (χ2v) is 5.86. The number of methoxy groups -OCH3 is 1. The largest absolute Gasteiger partial charge is 0.504 e. The Morgan fingerprint density at radius 1 is 1.12 bits per heavy atom. The number of benzene rings is 2. The lowest BCUT2D eigenvalue weighted by Crippen LogP contribution is -2.39. The predicted octanol–water partition coefficient (Wildman–Crippen LogP) is 3.88. The van der Waals surface area contributed by atoms with Gasteiger partial charge in [-0.25, -0.2) is 4.99 Å². The molecular weight excluding hydrogens is 441 g/mol. The number of guanidine groups is 1. The van der Waals surface area contributed by atoms with Crippen molar-refractivity contribution in [1.82, 2.24) is 10.6 Å². The van der Waals surface area contributed by atoms with Crippen molar-refractivity contribution in [3.05, 3.63) is 59.7 Å². The highest BCUT2D eigenvalue weighted by Gasteiger charge is 2.08. The standard InChI is InChI=1S/C20H27N3O2.HI/c1-4-21-20(22-13-15(2)16-9-6-5-7-10-16)23-14-17-11-8-12-18(25-3)19(17)24;/h5-12,15,24H,4,13-14H2,1-3H3,(H2,21,22,23);1H. The fourth-order valence-electron chi connectivity index (χ4n) is 2.52. The molecule has 0 aliphatic heterocycles. The van der Waals surface area contributed by atoms with Gasteiger partial charge in [-0.3, -0.25) is 0 Å². The van der Waals surface area contributed by atoms with Crippen LogP contribution in [-0.2, 0) is 6.54 Å². The molecule has 3 N–H and O–H groups in total. The maximum atomic E-state index is 10.2. The molecule has 0 heterocycles. The summed E-state index contributed by atoms with van der Waals surface area (Å²) in [6.45, 7) is 6.13. The Morgan fingerprint density at radius 2 is 1.85 bits per heavy atom. The van der Waals surface area contributed by atoms with Crippen LogP contribution in [0.2, 0.25) is 0 Å².